The van der Waals surface area contributed by atoms with Gasteiger partial charge in [-0.2, -0.15) is 4.89 Å². The summed E-state index contributed by atoms with van der Waals surface area (Å²) in [6.07, 6.45) is 0. The molecule has 0 bridgehead atoms. The Labute approximate surface area is 69.8 Å². The molecule has 62 valence electrons. The number of benzene rings is 1. The molecule has 0 saturated carbocycles. The van der Waals surface area contributed by atoms with Gasteiger partial charge >= 0.3 is 5.97 Å². The molecule has 0 spiro atoms. The minimum Gasteiger partial charge on any atom is -0.298 e. The first-order valence-electron chi connectivity index (χ1n) is 3.76. The van der Waals surface area contributed by atoms with Gasteiger partial charge < -0.3 is 0 Å². The third kappa shape index (κ3) is 1.19. The van der Waals surface area contributed by atoms with Crippen molar-refractivity contribution in [2.75, 3.05) is 6.61 Å². The molecule has 0 amide bonds. The van der Waals surface area contributed by atoms with Gasteiger partial charge in [0.05, 0.1) is 0 Å². The highest BCUT2D eigenvalue weighted by Crippen LogP contribution is 2.22. The minimum absolute atomic E-state index is 0.244. The summed E-state index contributed by atoms with van der Waals surface area (Å²) in [5.41, 5.74) is 0.944. The second-order valence-electron chi connectivity index (χ2n) is 2.65. The predicted molar refractivity (Wildman–Crippen MR) is 41.2 cm³/mol. The maximum atomic E-state index is 11.0. The summed E-state index contributed by atoms with van der Waals surface area (Å²) in [7, 11) is 0. The highest BCUT2D eigenvalue weighted by atomic mass is 17.2. The molecule has 0 aliphatic carbocycles. The van der Waals surface area contributed by atoms with Gasteiger partial charge in [0.15, 0.2) is 0 Å². The lowest BCUT2D eigenvalue weighted by molar-refractivity contribution is -0.240. The van der Waals surface area contributed by atoms with E-state index in [1.807, 2.05) is 30.3 Å². The van der Waals surface area contributed by atoms with Crippen LogP contribution in [0.3, 0.4) is 0 Å². The summed E-state index contributed by atoms with van der Waals surface area (Å²) in [5, 5.41) is 0. The third-order valence-electron chi connectivity index (χ3n) is 1.86. The van der Waals surface area contributed by atoms with Crippen molar-refractivity contribution in [1.82, 2.24) is 0 Å². The maximum Gasteiger partial charge on any atom is 0.352 e. The van der Waals surface area contributed by atoms with Crippen molar-refractivity contribution in [3.8, 4) is 0 Å². The fourth-order valence-electron chi connectivity index (χ4n) is 1.20. The Morgan fingerprint density at radius 2 is 2.00 bits per heavy atom. The van der Waals surface area contributed by atoms with E-state index in [0.29, 0.717) is 6.61 Å². The van der Waals surface area contributed by atoms with E-state index in [4.69, 9.17) is 0 Å². The molecule has 1 aliphatic heterocycles. The fourth-order valence-corrected chi connectivity index (χ4v) is 1.20. The lowest BCUT2D eigenvalue weighted by Gasteiger charge is -2.01. The van der Waals surface area contributed by atoms with Gasteiger partial charge in [0, 0.05) is 0 Å². The summed E-state index contributed by atoms with van der Waals surface area (Å²) in [6, 6.07) is 9.47. The van der Waals surface area contributed by atoms with E-state index >= 15 is 0 Å². The second-order valence-corrected chi connectivity index (χ2v) is 2.65. The summed E-state index contributed by atoms with van der Waals surface area (Å²) in [5.74, 6) is -0.549. The third-order valence-corrected chi connectivity index (χ3v) is 1.86. The molecular formula is C9H8O3. The molecule has 1 saturated heterocycles. The van der Waals surface area contributed by atoms with Crippen LogP contribution in [-0.4, -0.2) is 12.6 Å². The van der Waals surface area contributed by atoms with Crippen LogP contribution in [0.2, 0.25) is 0 Å². The number of carbonyl (C=O) groups is 1. The van der Waals surface area contributed by atoms with Crippen LogP contribution in [0.4, 0.5) is 0 Å². The first-order valence-corrected chi connectivity index (χ1v) is 3.76. The van der Waals surface area contributed by atoms with Crippen LogP contribution in [0.5, 0.6) is 0 Å². The molecule has 3 heteroatoms. The van der Waals surface area contributed by atoms with Gasteiger partial charge in [0.25, 0.3) is 0 Å². The summed E-state index contributed by atoms with van der Waals surface area (Å²) >= 11 is 0. The van der Waals surface area contributed by atoms with Gasteiger partial charge in [-0.15, -0.1) is 0 Å². The molecule has 0 N–H and O–H groups in total. The van der Waals surface area contributed by atoms with Gasteiger partial charge in [-0.1, -0.05) is 30.3 Å². The molecule has 1 unspecified atom stereocenters. The smallest absolute Gasteiger partial charge is 0.298 e. The van der Waals surface area contributed by atoms with Gasteiger partial charge in [0.2, 0.25) is 0 Å². The van der Waals surface area contributed by atoms with Crippen LogP contribution >= 0.6 is 0 Å². The first-order chi connectivity index (χ1) is 5.88. The molecule has 1 fully saturated rings. The average molecular weight is 164 g/mol. The van der Waals surface area contributed by atoms with Crippen LogP contribution in [0, 0.1) is 0 Å². The van der Waals surface area contributed by atoms with Crippen LogP contribution < -0.4 is 0 Å². The van der Waals surface area contributed by atoms with Crippen molar-refractivity contribution in [1.29, 1.82) is 0 Å². The first kappa shape index (κ1) is 7.31. The molecule has 2 rings (SSSR count). The van der Waals surface area contributed by atoms with Crippen LogP contribution in [0.25, 0.3) is 0 Å². The van der Waals surface area contributed by atoms with E-state index in [2.05, 4.69) is 9.78 Å². The predicted octanol–water partition coefficient (Wildman–Crippen LogP) is 1.26. The van der Waals surface area contributed by atoms with Crippen LogP contribution in [-0.2, 0) is 14.6 Å². The Bertz CT molecular complexity index is 281. The largest absolute Gasteiger partial charge is 0.352 e. The Kier molecular flexibility index (Phi) is 1.80. The van der Waals surface area contributed by atoms with Crippen LogP contribution in [0.15, 0.2) is 30.3 Å². The molecule has 1 aliphatic rings. The van der Waals surface area contributed by atoms with Crippen molar-refractivity contribution in [2.45, 2.75) is 5.92 Å². The normalized spacial score (nSPS) is 22.3. The molecule has 1 aromatic rings. The molecule has 3 nitrogen and oxygen atoms in total. The number of hydrogen-bond donors (Lipinski definition) is 0. The van der Waals surface area contributed by atoms with Crippen molar-refractivity contribution in [2.24, 2.45) is 0 Å². The Morgan fingerprint density at radius 3 is 2.58 bits per heavy atom. The van der Waals surface area contributed by atoms with Crippen molar-refractivity contribution >= 4 is 5.97 Å². The highest BCUT2D eigenvalue weighted by molar-refractivity contribution is 5.78. The lowest BCUT2D eigenvalue weighted by Crippen LogP contribution is -2.07. The Morgan fingerprint density at radius 1 is 1.25 bits per heavy atom. The SMILES string of the molecule is O=C1OOCC1c1ccccc1. The molecule has 1 atom stereocenters. The fraction of sp³-hybridized carbons (Fsp3) is 0.222. The highest BCUT2D eigenvalue weighted by Gasteiger charge is 2.29. The van der Waals surface area contributed by atoms with Gasteiger partial charge in [-0.25, -0.2) is 4.79 Å². The molecule has 0 aromatic heterocycles. The second kappa shape index (κ2) is 2.95. The quantitative estimate of drug-likeness (QED) is 0.586. The standard InChI is InChI=1S/C9H8O3/c10-9-8(6-11-12-9)7-4-2-1-3-5-7/h1-5,8H,6H2. The van der Waals surface area contributed by atoms with E-state index in [-0.39, 0.29) is 11.9 Å². The molecule has 0 radical (unpaired) electrons. The summed E-state index contributed by atoms with van der Waals surface area (Å²) < 4.78 is 0. The maximum absolute atomic E-state index is 11.0. The molecule has 12 heavy (non-hydrogen) atoms. The Hall–Kier alpha value is -1.35. The van der Waals surface area contributed by atoms with E-state index in [9.17, 15) is 4.79 Å². The zero-order valence-electron chi connectivity index (χ0n) is 6.40. The zero-order chi connectivity index (χ0) is 8.39. The van der Waals surface area contributed by atoms with Gasteiger partial charge in [-0.3, -0.25) is 4.89 Å². The van der Waals surface area contributed by atoms with Crippen molar-refractivity contribution < 1.29 is 14.6 Å². The minimum atomic E-state index is -0.304. The van der Waals surface area contributed by atoms with E-state index < -0.39 is 0 Å². The molecule has 1 aromatic carbocycles. The van der Waals surface area contributed by atoms with E-state index in [1.54, 1.807) is 0 Å². The number of hydrogen-bond acceptors (Lipinski definition) is 3. The Balaban J connectivity index is 2.25. The van der Waals surface area contributed by atoms with Crippen LogP contribution in [0.1, 0.15) is 11.5 Å². The molecule has 1 heterocycles. The van der Waals surface area contributed by atoms with Gasteiger partial charge in [-0.05, 0) is 5.56 Å². The number of carbonyl (C=O) groups excluding carboxylic acids is 1. The van der Waals surface area contributed by atoms with Crippen molar-refractivity contribution in [3.63, 3.8) is 0 Å². The topological polar surface area (TPSA) is 35.5 Å². The van der Waals surface area contributed by atoms with Crippen molar-refractivity contribution in [3.05, 3.63) is 35.9 Å². The summed E-state index contributed by atoms with van der Waals surface area (Å²) in [6.45, 7) is 0.322. The monoisotopic (exact) mass is 164 g/mol. The van der Waals surface area contributed by atoms with E-state index in [1.165, 1.54) is 0 Å². The van der Waals surface area contributed by atoms with Gasteiger partial charge in [0.1, 0.15) is 12.5 Å². The zero-order valence-corrected chi connectivity index (χ0v) is 6.40. The van der Waals surface area contributed by atoms with E-state index in [0.717, 1.165) is 5.56 Å². The lowest BCUT2D eigenvalue weighted by atomic mass is 10.0. The summed E-state index contributed by atoms with van der Waals surface area (Å²) in [4.78, 5) is 20.0. The average Bonchev–Trinajstić information content (AvgIpc) is 2.53. The molecular weight excluding hydrogens is 156 g/mol. The number of rotatable bonds is 1.